The Hall–Kier alpha value is -2.41. The number of ether oxygens (including phenoxy) is 4. The number of carbonyl (C=O) groups excluding carboxylic acids is 3. The number of esters is 3. The van der Waals surface area contributed by atoms with Crippen LogP contribution in [0.15, 0.2) is 30.3 Å². The summed E-state index contributed by atoms with van der Waals surface area (Å²) in [7, 11) is 0. The van der Waals surface area contributed by atoms with Crippen molar-refractivity contribution in [3.63, 3.8) is 0 Å². The third-order valence-electron chi connectivity index (χ3n) is 4.09. The average molecular weight is 380 g/mol. The van der Waals surface area contributed by atoms with Crippen LogP contribution in [0.3, 0.4) is 0 Å². The van der Waals surface area contributed by atoms with Gasteiger partial charge in [-0.2, -0.15) is 0 Å². The highest BCUT2D eigenvalue weighted by Crippen LogP contribution is 2.31. The molecule has 0 saturated carbocycles. The number of rotatable bonds is 11. The zero-order valence-corrected chi connectivity index (χ0v) is 16.4. The van der Waals surface area contributed by atoms with Crippen LogP contribution in [0.4, 0.5) is 0 Å². The summed E-state index contributed by atoms with van der Waals surface area (Å²) in [6.45, 7) is 6.10. The van der Waals surface area contributed by atoms with Crippen LogP contribution in [0, 0.1) is 5.41 Å². The van der Waals surface area contributed by atoms with Gasteiger partial charge in [0.2, 0.25) is 6.29 Å². The fourth-order valence-electron chi connectivity index (χ4n) is 2.45. The summed E-state index contributed by atoms with van der Waals surface area (Å²) in [6, 6.07) is 9.47. The van der Waals surface area contributed by atoms with E-state index in [-0.39, 0.29) is 26.2 Å². The van der Waals surface area contributed by atoms with Gasteiger partial charge in [-0.15, -0.1) is 0 Å². The summed E-state index contributed by atoms with van der Waals surface area (Å²) in [6.07, 6.45) is -0.120. The first kappa shape index (κ1) is 22.6. The summed E-state index contributed by atoms with van der Waals surface area (Å²) in [4.78, 5) is 34.0. The van der Waals surface area contributed by atoms with Gasteiger partial charge in [0.15, 0.2) is 0 Å². The molecule has 0 bridgehead atoms. The molecule has 0 N–H and O–H groups in total. The first-order valence-corrected chi connectivity index (χ1v) is 8.86. The molecule has 7 heteroatoms. The molecule has 7 nitrogen and oxygen atoms in total. The van der Waals surface area contributed by atoms with Crippen molar-refractivity contribution < 1.29 is 33.3 Å². The van der Waals surface area contributed by atoms with Gasteiger partial charge in [0.1, 0.15) is 13.2 Å². The summed E-state index contributed by atoms with van der Waals surface area (Å²) < 4.78 is 21.4. The lowest BCUT2D eigenvalue weighted by Gasteiger charge is -2.34. The fraction of sp³-hybridized carbons (Fsp3) is 0.550. The van der Waals surface area contributed by atoms with Gasteiger partial charge in [-0.25, -0.2) is 0 Å². The van der Waals surface area contributed by atoms with Crippen molar-refractivity contribution in [1.29, 1.82) is 0 Å². The van der Waals surface area contributed by atoms with Gasteiger partial charge in [0.25, 0.3) is 0 Å². The van der Waals surface area contributed by atoms with Crippen LogP contribution in [-0.2, 0) is 39.9 Å². The third-order valence-corrected chi connectivity index (χ3v) is 4.09. The molecule has 0 aromatic heterocycles. The minimum Gasteiger partial charge on any atom is -0.465 e. The summed E-state index contributed by atoms with van der Waals surface area (Å²) in [5.74, 6) is -1.37. The molecule has 0 spiro atoms. The number of hydrogen-bond donors (Lipinski definition) is 0. The van der Waals surface area contributed by atoms with E-state index in [1.54, 1.807) is 0 Å². The van der Waals surface area contributed by atoms with Crippen molar-refractivity contribution in [2.24, 2.45) is 5.41 Å². The molecular formula is C20H28O7. The van der Waals surface area contributed by atoms with Crippen molar-refractivity contribution in [3.8, 4) is 0 Å². The topological polar surface area (TPSA) is 88.1 Å². The average Bonchev–Trinajstić information content (AvgIpc) is 2.62. The Kier molecular flexibility index (Phi) is 9.50. The molecule has 0 amide bonds. The van der Waals surface area contributed by atoms with E-state index in [0.717, 1.165) is 5.56 Å². The molecule has 0 radical (unpaired) electrons. The van der Waals surface area contributed by atoms with Crippen molar-refractivity contribution in [2.45, 2.75) is 53.4 Å². The molecule has 27 heavy (non-hydrogen) atoms. The molecule has 0 aliphatic carbocycles. The predicted octanol–water partition coefficient (Wildman–Crippen LogP) is 3.01. The quantitative estimate of drug-likeness (QED) is 0.331. The summed E-state index contributed by atoms with van der Waals surface area (Å²) in [5.41, 5.74) is 0.199. The van der Waals surface area contributed by atoms with Crippen LogP contribution in [-0.4, -0.2) is 37.4 Å². The lowest BCUT2D eigenvalue weighted by Crippen LogP contribution is -2.39. The third kappa shape index (κ3) is 9.19. The van der Waals surface area contributed by atoms with Crippen molar-refractivity contribution >= 4 is 17.9 Å². The largest absolute Gasteiger partial charge is 0.465 e. The lowest BCUT2D eigenvalue weighted by molar-refractivity contribution is -0.194. The number of benzene rings is 1. The maximum atomic E-state index is 11.5. The first-order chi connectivity index (χ1) is 12.8. The highest BCUT2D eigenvalue weighted by atomic mass is 16.7. The SMILES string of the molecule is CCC(COC(C)=O)(COC(C)=O)CC(OCc1ccccc1)OC(C)=O. The molecular weight excluding hydrogens is 352 g/mol. The molecule has 0 saturated heterocycles. The molecule has 0 aliphatic heterocycles. The lowest BCUT2D eigenvalue weighted by atomic mass is 9.83. The Morgan fingerprint density at radius 1 is 0.926 bits per heavy atom. The van der Waals surface area contributed by atoms with E-state index in [9.17, 15) is 14.4 Å². The van der Waals surface area contributed by atoms with Gasteiger partial charge in [0.05, 0.1) is 6.61 Å². The molecule has 1 rings (SSSR count). The first-order valence-electron chi connectivity index (χ1n) is 8.86. The molecule has 1 atom stereocenters. The van der Waals surface area contributed by atoms with Crippen molar-refractivity contribution in [2.75, 3.05) is 13.2 Å². The normalized spacial score (nSPS) is 12.1. The van der Waals surface area contributed by atoms with Crippen LogP contribution in [0.1, 0.15) is 46.1 Å². The number of hydrogen-bond acceptors (Lipinski definition) is 7. The molecule has 1 unspecified atom stereocenters. The Morgan fingerprint density at radius 3 is 1.93 bits per heavy atom. The maximum Gasteiger partial charge on any atom is 0.304 e. The van der Waals surface area contributed by atoms with Crippen LogP contribution < -0.4 is 0 Å². The van der Waals surface area contributed by atoms with Gasteiger partial charge >= 0.3 is 17.9 Å². The van der Waals surface area contributed by atoms with E-state index in [2.05, 4.69) is 0 Å². The van der Waals surface area contributed by atoms with Gasteiger partial charge in [-0.3, -0.25) is 14.4 Å². The Labute approximate surface area is 159 Å². The van der Waals surface area contributed by atoms with E-state index < -0.39 is 29.6 Å². The van der Waals surface area contributed by atoms with E-state index in [0.29, 0.717) is 6.42 Å². The highest BCUT2D eigenvalue weighted by Gasteiger charge is 2.36. The summed E-state index contributed by atoms with van der Waals surface area (Å²) >= 11 is 0. The van der Waals surface area contributed by atoms with E-state index in [1.165, 1.54) is 20.8 Å². The van der Waals surface area contributed by atoms with Crippen molar-refractivity contribution in [1.82, 2.24) is 0 Å². The Bertz CT molecular complexity index is 594. The molecule has 0 heterocycles. The predicted molar refractivity (Wildman–Crippen MR) is 97.4 cm³/mol. The van der Waals surface area contributed by atoms with Gasteiger partial charge in [-0.1, -0.05) is 37.3 Å². The van der Waals surface area contributed by atoms with Gasteiger partial charge < -0.3 is 18.9 Å². The second kappa shape index (κ2) is 11.3. The summed E-state index contributed by atoms with van der Waals surface area (Å²) in [5, 5.41) is 0. The van der Waals surface area contributed by atoms with Gasteiger partial charge in [0, 0.05) is 32.6 Å². The maximum absolute atomic E-state index is 11.5. The molecule has 0 aliphatic rings. The minimum atomic E-state index is -0.867. The van der Waals surface area contributed by atoms with Crippen LogP contribution in [0.5, 0.6) is 0 Å². The van der Waals surface area contributed by atoms with Gasteiger partial charge in [-0.05, 0) is 12.0 Å². The molecule has 1 aromatic carbocycles. The standard InChI is InChI=1S/C20H28O7/c1-5-20(13-25-15(2)21,14-26-16(3)22)11-19(27-17(4)23)24-12-18-9-7-6-8-10-18/h6-10,19H,5,11-14H2,1-4H3. The highest BCUT2D eigenvalue weighted by molar-refractivity contribution is 5.66. The Balaban J connectivity index is 2.90. The second-order valence-corrected chi connectivity index (χ2v) is 6.45. The van der Waals surface area contributed by atoms with Crippen LogP contribution in [0.2, 0.25) is 0 Å². The fourth-order valence-corrected chi connectivity index (χ4v) is 2.45. The smallest absolute Gasteiger partial charge is 0.304 e. The minimum absolute atomic E-state index is 0.0264. The van der Waals surface area contributed by atoms with E-state index >= 15 is 0 Å². The zero-order valence-electron chi connectivity index (χ0n) is 16.4. The van der Waals surface area contributed by atoms with E-state index in [4.69, 9.17) is 18.9 Å². The zero-order chi connectivity index (χ0) is 20.3. The van der Waals surface area contributed by atoms with Crippen molar-refractivity contribution in [3.05, 3.63) is 35.9 Å². The number of carbonyl (C=O) groups is 3. The molecule has 0 fully saturated rings. The second-order valence-electron chi connectivity index (χ2n) is 6.45. The molecule has 1 aromatic rings. The molecule has 150 valence electrons. The monoisotopic (exact) mass is 380 g/mol. The Morgan fingerprint density at radius 2 is 1.48 bits per heavy atom. The van der Waals surface area contributed by atoms with Crippen LogP contribution >= 0.6 is 0 Å². The van der Waals surface area contributed by atoms with Crippen LogP contribution in [0.25, 0.3) is 0 Å². The van der Waals surface area contributed by atoms with E-state index in [1.807, 2.05) is 37.3 Å².